The van der Waals surface area contributed by atoms with Crippen LogP contribution in [0.3, 0.4) is 0 Å². The molecule has 2 aromatic rings. The van der Waals surface area contributed by atoms with Gasteiger partial charge in [-0.2, -0.15) is 0 Å². The fourth-order valence-electron chi connectivity index (χ4n) is 1.62. The first-order valence-corrected chi connectivity index (χ1v) is 6.47. The summed E-state index contributed by atoms with van der Waals surface area (Å²) in [7, 11) is 0. The molecular weight excluding hydrogens is 232 g/mol. The number of rotatable bonds is 3. The highest BCUT2D eigenvalue weighted by atomic mass is 32.2. The van der Waals surface area contributed by atoms with Crippen molar-refractivity contribution in [2.45, 2.75) is 31.4 Å². The van der Waals surface area contributed by atoms with Gasteiger partial charge in [0.2, 0.25) is 0 Å². The molecule has 3 nitrogen and oxygen atoms in total. The Bertz CT molecular complexity index is 515. The number of nitrogens with two attached hydrogens (primary N) is 1. The Balaban J connectivity index is 2.15. The zero-order valence-electron chi connectivity index (χ0n) is 10.3. The molecule has 2 rings (SSSR count). The molecule has 17 heavy (non-hydrogen) atoms. The lowest BCUT2D eigenvalue weighted by molar-refractivity contribution is 0.392. The highest BCUT2D eigenvalue weighted by Gasteiger charge is 2.10. The zero-order chi connectivity index (χ0) is 12.4. The van der Waals surface area contributed by atoms with Crippen LogP contribution in [0.4, 0.5) is 5.69 Å². The lowest BCUT2D eigenvalue weighted by Crippen LogP contribution is -1.91. The van der Waals surface area contributed by atoms with Crippen LogP contribution in [0.2, 0.25) is 0 Å². The number of hydrogen-bond acceptors (Lipinski definition) is 4. The molecule has 90 valence electrons. The highest BCUT2D eigenvalue weighted by Crippen LogP contribution is 2.30. The third kappa shape index (κ3) is 2.64. The molecule has 0 unspecified atom stereocenters. The van der Waals surface area contributed by atoms with Crippen molar-refractivity contribution in [3.05, 3.63) is 40.8 Å². The van der Waals surface area contributed by atoms with Crippen molar-refractivity contribution in [3.8, 4) is 0 Å². The summed E-state index contributed by atoms with van der Waals surface area (Å²) in [5.74, 6) is 1.73. The number of nitrogen functional groups attached to an aromatic ring is 1. The van der Waals surface area contributed by atoms with Crippen molar-refractivity contribution in [1.29, 1.82) is 0 Å². The van der Waals surface area contributed by atoms with Gasteiger partial charge in [-0.25, -0.2) is 0 Å². The smallest absolute Gasteiger partial charge is 0.137 e. The molecule has 0 aliphatic heterocycles. The monoisotopic (exact) mass is 248 g/mol. The van der Waals surface area contributed by atoms with Crippen molar-refractivity contribution in [1.82, 2.24) is 5.16 Å². The van der Waals surface area contributed by atoms with E-state index in [9.17, 15) is 0 Å². The van der Waals surface area contributed by atoms with E-state index in [1.165, 1.54) is 5.56 Å². The number of benzene rings is 1. The van der Waals surface area contributed by atoms with Crippen molar-refractivity contribution < 1.29 is 4.52 Å². The van der Waals surface area contributed by atoms with Crippen LogP contribution in [0, 0.1) is 20.8 Å². The normalized spacial score (nSPS) is 10.8. The van der Waals surface area contributed by atoms with Gasteiger partial charge in [0.25, 0.3) is 0 Å². The van der Waals surface area contributed by atoms with Gasteiger partial charge >= 0.3 is 0 Å². The fraction of sp³-hybridized carbons (Fsp3) is 0.308. The van der Waals surface area contributed by atoms with E-state index < -0.39 is 0 Å². The molecule has 0 radical (unpaired) electrons. The Hall–Kier alpha value is -1.42. The first-order valence-electron chi connectivity index (χ1n) is 5.48. The Morgan fingerprint density at radius 3 is 2.71 bits per heavy atom. The lowest BCUT2D eigenvalue weighted by Gasteiger charge is -2.06. The average Bonchev–Trinajstić information content (AvgIpc) is 2.61. The molecule has 1 aromatic carbocycles. The van der Waals surface area contributed by atoms with Crippen molar-refractivity contribution >= 4 is 17.4 Å². The van der Waals surface area contributed by atoms with Crippen LogP contribution in [-0.2, 0) is 5.75 Å². The third-order valence-electron chi connectivity index (χ3n) is 2.72. The van der Waals surface area contributed by atoms with Gasteiger partial charge in [0.15, 0.2) is 0 Å². The molecular formula is C13H16N2OS. The van der Waals surface area contributed by atoms with E-state index in [4.69, 9.17) is 10.3 Å². The van der Waals surface area contributed by atoms with Gasteiger partial charge in [-0.3, -0.25) is 0 Å². The van der Waals surface area contributed by atoms with Gasteiger partial charge in [-0.1, -0.05) is 11.2 Å². The second-order valence-corrected chi connectivity index (χ2v) is 5.15. The Morgan fingerprint density at radius 1 is 1.29 bits per heavy atom. The van der Waals surface area contributed by atoms with Crippen molar-refractivity contribution in [2.24, 2.45) is 0 Å². The van der Waals surface area contributed by atoms with E-state index in [1.807, 2.05) is 26.0 Å². The third-order valence-corrected chi connectivity index (χ3v) is 3.82. The Morgan fingerprint density at radius 2 is 2.06 bits per heavy atom. The summed E-state index contributed by atoms with van der Waals surface area (Å²) in [5, 5.41) is 3.95. The number of thioether (sulfide) groups is 1. The first kappa shape index (κ1) is 12.0. The average molecular weight is 248 g/mol. The molecule has 0 saturated heterocycles. The molecule has 0 aliphatic carbocycles. The predicted octanol–water partition coefficient (Wildman–Crippen LogP) is 3.47. The molecule has 0 saturated carbocycles. The summed E-state index contributed by atoms with van der Waals surface area (Å²) in [5.41, 5.74) is 10.1. The predicted molar refractivity (Wildman–Crippen MR) is 71.1 cm³/mol. The van der Waals surface area contributed by atoms with E-state index in [0.29, 0.717) is 0 Å². The molecule has 2 N–H and O–H groups in total. The molecule has 0 atom stereocenters. The summed E-state index contributed by atoms with van der Waals surface area (Å²) >= 11 is 1.72. The second-order valence-electron chi connectivity index (χ2n) is 4.13. The summed E-state index contributed by atoms with van der Waals surface area (Å²) in [6, 6.07) is 6.08. The van der Waals surface area contributed by atoms with Crippen LogP contribution < -0.4 is 5.73 Å². The minimum absolute atomic E-state index is 0.826. The topological polar surface area (TPSA) is 52.0 Å². The van der Waals surface area contributed by atoms with Crippen LogP contribution in [0.5, 0.6) is 0 Å². The van der Waals surface area contributed by atoms with Crippen LogP contribution >= 0.6 is 11.8 Å². The minimum Gasteiger partial charge on any atom is -0.398 e. The highest BCUT2D eigenvalue weighted by molar-refractivity contribution is 7.98. The number of anilines is 1. The molecule has 0 amide bonds. The van der Waals surface area contributed by atoms with E-state index in [1.54, 1.807) is 11.8 Å². The molecule has 0 spiro atoms. The fourth-order valence-corrected chi connectivity index (χ4v) is 2.84. The number of aryl methyl sites for hydroxylation is 3. The quantitative estimate of drug-likeness (QED) is 0.667. The SMILES string of the molecule is Cc1ccc(N)c(SCc2c(C)noc2C)c1. The molecule has 1 aromatic heterocycles. The summed E-state index contributed by atoms with van der Waals surface area (Å²) in [6.07, 6.45) is 0. The van der Waals surface area contributed by atoms with E-state index in [2.05, 4.69) is 18.1 Å². The van der Waals surface area contributed by atoms with Crippen molar-refractivity contribution in [2.75, 3.05) is 5.73 Å². The maximum absolute atomic E-state index is 5.95. The summed E-state index contributed by atoms with van der Waals surface area (Å²) in [4.78, 5) is 1.12. The Kier molecular flexibility index (Phi) is 3.43. The number of nitrogens with zero attached hydrogens (tertiary/aromatic N) is 1. The van der Waals surface area contributed by atoms with Gasteiger partial charge in [-0.05, 0) is 38.5 Å². The number of aromatic nitrogens is 1. The van der Waals surface area contributed by atoms with Gasteiger partial charge in [0.05, 0.1) is 5.69 Å². The standard InChI is InChI=1S/C13H16N2OS/c1-8-4-5-12(14)13(6-8)17-7-11-9(2)15-16-10(11)3/h4-6H,7,14H2,1-3H3. The first-order chi connectivity index (χ1) is 8.08. The molecule has 1 heterocycles. The molecule has 4 heteroatoms. The lowest BCUT2D eigenvalue weighted by atomic mass is 10.2. The van der Waals surface area contributed by atoms with Gasteiger partial charge in [0.1, 0.15) is 5.76 Å². The van der Waals surface area contributed by atoms with Crippen molar-refractivity contribution in [3.63, 3.8) is 0 Å². The second kappa shape index (κ2) is 4.84. The number of hydrogen-bond donors (Lipinski definition) is 1. The summed E-state index contributed by atoms with van der Waals surface area (Å²) < 4.78 is 5.14. The maximum Gasteiger partial charge on any atom is 0.137 e. The van der Waals surface area contributed by atoms with E-state index in [-0.39, 0.29) is 0 Å². The van der Waals surface area contributed by atoms with Crippen LogP contribution in [0.1, 0.15) is 22.6 Å². The van der Waals surface area contributed by atoms with Gasteiger partial charge in [-0.15, -0.1) is 11.8 Å². The minimum atomic E-state index is 0.826. The molecule has 0 fully saturated rings. The van der Waals surface area contributed by atoms with Crippen LogP contribution in [0.25, 0.3) is 0 Å². The summed E-state index contributed by atoms with van der Waals surface area (Å²) in [6.45, 7) is 5.97. The van der Waals surface area contributed by atoms with Gasteiger partial charge in [0, 0.05) is 21.9 Å². The molecule has 0 bridgehead atoms. The molecule has 0 aliphatic rings. The van der Waals surface area contributed by atoms with Crippen LogP contribution in [0.15, 0.2) is 27.6 Å². The largest absolute Gasteiger partial charge is 0.398 e. The van der Waals surface area contributed by atoms with E-state index in [0.717, 1.165) is 33.4 Å². The van der Waals surface area contributed by atoms with Gasteiger partial charge < -0.3 is 10.3 Å². The zero-order valence-corrected chi connectivity index (χ0v) is 11.1. The van der Waals surface area contributed by atoms with E-state index >= 15 is 0 Å². The Labute approximate surface area is 105 Å². The van der Waals surface area contributed by atoms with Crippen LogP contribution in [-0.4, -0.2) is 5.16 Å². The maximum atomic E-state index is 5.95.